The summed E-state index contributed by atoms with van der Waals surface area (Å²) in [6.07, 6.45) is -6.64. The summed E-state index contributed by atoms with van der Waals surface area (Å²) in [4.78, 5) is 0. The molecule has 0 aliphatic rings. The summed E-state index contributed by atoms with van der Waals surface area (Å²) in [7, 11) is 0. The fourth-order valence-electron chi connectivity index (χ4n) is 1.21. The molecule has 0 unspecified atom stereocenters. The van der Waals surface area contributed by atoms with Crippen molar-refractivity contribution >= 4 is 11.7 Å². The van der Waals surface area contributed by atoms with E-state index in [0.29, 0.717) is 0 Å². The highest BCUT2D eigenvalue weighted by Crippen LogP contribution is 2.36. The van der Waals surface area contributed by atoms with E-state index in [1.165, 1.54) is 0 Å². The number of benzene rings is 1. The van der Waals surface area contributed by atoms with Crippen molar-refractivity contribution in [3.05, 3.63) is 46.6 Å². The Hall–Kier alpha value is -2.00. The minimum atomic E-state index is -3.32. The lowest BCUT2D eigenvalue weighted by Crippen LogP contribution is -2.07. The van der Waals surface area contributed by atoms with Crippen LogP contribution >= 0.6 is 0 Å². The van der Waals surface area contributed by atoms with Crippen molar-refractivity contribution < 1.29 is 43.9 Å². The molecule has 1 aromatic carbocycles. The highest BCUT2D eigenvalue weighted by molar-refractivity contribution is 5.67. The number of hydrogen-bond donors (Lipinski definition) is 0. The molecule has 0 atom stereocenters. The van der Waals surface area contributed by atoms with E-state index in [9.17, 15) is 43.9 Å². The standard InChI is InChI=1S/C10F10/c11-3-1(7(15)9(17)18)4(12)6(14)2(5(3)13)8(16)10(19)20. The van der Waals surface area contributed by atoms with Crippen molar-refractivity contribution in [1.29, 1.82) is 0 Å². The van der Waals surface area contributed by atoms with Crippen LogP contribution in [0.2, 0.25) is 0 Å². The summed E-state index contributed by atoms with van der Waals surface area (Å²) < 4.78 is 125. The van der Waals surface area contributed by atoms with Gasteiger partial charge in [-0.15, -0.1) is 0 Å². The third-order valence-electron chi connectivity index (χ3n) is 2.03. The molecule has 0 saturated heterocycles. The van der Waals surface area contributed by atoms with Gasteiger partial charge in [0.05, 0.1) is 11.1 Å². The van der Waals surface area contributed by atoms with Crippen molar-refractivity contribution in [3.63, 3.8) is 0 Å². The topological polar surface area (TPSA) is 0 Å². The molecule has 110 valence electrons. The lowest BCUT2D eigenvalue weighted by Gasteiger charge is -2.09. The van der Waals surface area contributed by atoms with Crippen LogP contribution in [0.25, 0.3) is 11.7 Å². The first-order chi connectivity index (χ1) is 9.11. The molecule has 10 heteroatoms. The molecule has 1 aromatic rings. The van der Waals surface area contributed by atoms with Crippen molar-refractivity contribution in [2.75, 3.05) is 0 Å². The van der Waals surface area contributed by atoms with Gasteiger partial charge >= 0.3 is 12.2 Å². The minimum Gasteiger partial charge on any atom is -0.203 e. The van der Waals surface area contributed by atoms with Crippen LogP contribution in [0.5, 0.6) is 0 Å². The quantitative estimate of drug-likeness (QED) is 0.513. The molecule has 0 fully saturated rings. The van der Waals surface area contributed by atoms with Crippen LogP contribution in [-0.4, -0.2) is 0 Å². The highest BCUT2D eigenvalue weighted by atomic mass is 19.3. The molecule has 0 aliphatic heterocycles. The van der Waals surface area contributed by atoms with Gasteiger partial charge in [0.1, 0.15) is 0 Å². The lowest BCUT2D eigenvalue weighted by atomic mass is 10.1. The van der Waals surface area contributed by atoms with Crippen molar-refractivity contribution in [3.8, 4) is 0 Å². The second-order valence-electron chi connectivity index (χ2n) is 3.15. The van der Waals surface area contributed by atoms with Gasteiger partial charge in [-0.2, -0.15) is 17.6 Å². The Morgan fingerprint density at radius 3 is 0.800 bits per heavy atom. The predicted octanol–water partition coefficient (Wildman–Crippen LogP) is 5.31. The summed E-state index contributed by atoms with van der Waals surface area (Å²) in [5.74, 6) is -17.0. The molecule has 0 spiro atoms. The van der Waals surface area contributed by atoms with Gasteiger partial charge in [0.15, 0.2) is 23.3 Å². The van der Waals surface area contributed by atoms with Crippen molar-refractivity contribution in [1.82, 2.24) is 0 Å². The second-order valence-corrected chi connectivity index (χ2v) is 3.15. The van der Waals surface area contributed by atoms with Gasteiger partial charge in [0.2, 0.25) is 11.7 Å². The number of hydrogen-bond acceptors (Lipinski definition) is 0. The van der Waals surface area contributed by atoms with E-state index >= 15 is 0 Å². The molecule has 0 radical (unpaired) electrons. The Kier molecular flexibility index (Phi) is 4.46. The van der Waals surface area contributed by atoms with E-state index in [2.05, 4.69) is 0 Å². The Morgan fingerprint density at radius 2 is 0.650 bits per heavy atom. The van der Waals surface area contributed by atoms with Crippen LogP contribution in [0.3, 0.4) is 0 Å². The predicted molar refractivity (Wildman–Crippen MR) is 46.8 cm³/mol. The zero-order chi connectivity index (χ0) is 15.8. The summed E-state index contributed by atoms with van der Waals surface area (Å²) in [5.41, 5.74) is -4.92. The number of halogens is 10. The maximum atomic E-state index is 13.1. The minimum absolute atomic E-state index is 2.46. The molecular weight excluding hydrogens is 310 g/mol. The van der Waals surface area contributed by atoms with E-state index in [-0.39, 0.29) is 0 Å². The molecule has 0 bridgehead atoms. The first-order valence-corrected chi connectivity index (χ1v) is 4.39. The fraction of sp³-hybridized carbons (Fsp3) is 0. The zero-order valence-electron chi connectivity index (χ0n) is 8.78. The molecule has 1 rings (SSSR count). The molecule has 0 amide bonds. The van der Waals surface area contributed by atoms with E-state index in [0.717, 1.165) is 0 Å². The Labute approximate surface area is 103 Å². The Bertz CT molecular complexity index is 535. The molecule has 20 heavy (non-hydrogen) atoms. The molecule has 0 saturated carbocycles. The fourth-order valence-corrected chi connectivity index (χ4v) is 1.21. The lowest BCUT2D eigenvalue weighted by molar-refractivity contribution is 0.394. The van der Waals surface area contributed by atoms with E-state index in [1.54, 1.807) is 0 Å². The van der Waals surface area contributed by atoms with Crippen LogP contribution in [0, 0.1) is 23.3 Å². The smallest absolute Gasteiger partial charge is 0.203 e. The molecular formula is C10F10. The third-order valence-corrected chi connectivity index (χ3v) is 2.03. The van der Waals surface area contributed by atoms with E-state index in [4.69, 9.17) is 0 Å². The van der Waals surface area contributed by atoms with Crippen LogP contribution in [0.1, 0.15) is 11.1 Å². The van der Waals surface area contributed by atoms with Crippen LogP contribution in [0.4, 0.5) is 43.9 Å². The second kappa shape index (κ2) is 5.55. The monoisotopic (exact) mass is 310 g/mol. The Morgan fingerprint density at radius 1 is 0.450 bits per heavy atom. The SMILES string of the molecule is FC(F)=C(F)c1c(F)c(F)c(C(F)=C(F)F)c(F)c1F. The van der Waals surface area contributed by atoms with Gasteiger partial charge in [-0.1, -0.05) is 0 Å². The molecule has 0 aromatic heterocycles. The maximum Gasteiger partial charge on any atom is 0.306 e. The van der Waals surface area contributed by atoms with Gasteiger partial charge in [0.25, 0.3) is 0 Å². The number of rotatable bonds is 2. The molecule has 0 nitrogen and oxygen atoms in total. The van der Waals surface area contributed by atoms with Gasteiger partial charge in [-0.25, -0.2) is 26.3 Å². The van der Waals surface area contributed by atoms with Gasteiger partial charge in [0, 0.05) is 0 Å². The molecule has 0 N–H and O–H groups in total. The van der Waals surface area contributed by atoms with E-state index in [1.807, 2.05) is 0 Å². The third kappa shape index (κ3) is 2.49. The average molecular weight is 310 g/mol. The van der Waals surface area contributed by atoms with Crippen LogP contribution < -0.4 is 0 Å². The van der Waals surface area contributed by atoms with Crippen LogP contribution in [0.15, 0.2) is 12.2 Å². The largest absolute Gasteiger partial charge is 0.306 e. The highest BCUT2D eigenvalue weighted by Gasteiger charge is 2.32. The summed E-state index contributed by atoms with van der Waals surface area (Å²) >= 11 is 0. The van der Waals surface area contributed by atoms with Gasteiger partial charge in [-0.3, -0.25) is 0 Å². The first kappa shape index (κ1) is 16.1. The summed E-state index contributed by atoms with van der Waals surface area (Å²) in [5, 5.41) is 0. The van der Waals surface area contributed by atoms with Crippen molar-refractivity contribution in [2.45, 2.75) is 0 Å². The van der Waals surface area contributed by atoms with Crippen LogP contribution in [-0.2, 0) is 0 Å². The van der Waals surface area contributed by atoms with Gasteiger partial charge in [-0.05, 0) is 0 Å². The molecule has 0 heterocycles. The molecule has 0 aliphatic carbocycles. The normalized spacial score (nSPS) is 10.5. The zero-order valence-corrected chi connectivity index (χ0v) is 8.78. The average Bonchev–Trinajstić information content (AvgIpc) is 2.36. The first-order valence-electron chi connectivity index (χ1n) is 4.39. The van der Waals surface area contributed by atoms with Crippen molar-refractivity contribution in [2.24, 2.45) is 0 Å². The Balaban J connectivity index is 3.86. The van der Waals surface area contributed by atoms with Gasteiger partial charge < -0.3 is 0 Å². The maximum absolute atomic E-state index is 13.1. The summed E-state index contributed by atoms with van der Waals surface area (Å²) in [6.45, 7) is 0. The van der Waals surface area contributed by atoms with E-state index < -0.39 is 58.2 Å². The summed E-state index contributed by atoms with van der Waals surface area (Å²) in [6, 6.07) is 0.